The quantitative estimate of drug-likeness (QED) is 0.879. The molecule has 2 aromatic rings. The van der Waals surface area contributed by atoms with E-state index in [4.69, 9.17) is 11.6 Å². The minimum Gasteiger partial charge on any atom is -0.317 e. The van der Waals surface area contributed by atoms with Gasteiger partial charge in [0, 0.05) is 10.6 Å². The third-order valence-corrected chi connectivity index (χ3v) is 2.52. The number of hydrogen-bond acceptors (Lipinski definition) is 1. The van der Waals surface area contributed by atoms with Gasteiger partial charge in [0.25, 0.3) is 5.91 Å². The van der Waals surface area contributed by atoms with Gasteiger partial charge in [-0.25, -0.2) is 8.78 Å². The number of amides is 1. The van der Waals surface area contributed by atoms with E-state index in [1.54, 1.807) is 12.1 Å². The molecule has 0 saturated heterocycles. The van der Waals surface area contributed by atoms with E-state index in [0.717, 1.165) is 12.1 Å². The van der Waals surface area contributed by atoms with Gasteiger partial charge in [-0.15, -0.1) is 0 Å². The summed E-state index contributed by atoms with van der Waals surface area (Å²) in [6, 6.07) is 9.44. The lowest BCUT2D eigenvalue weighted by atomic mass is 10.2. The first-order valence-electron chi connectivity index (χ1n) is 5.09. The maximum absolute atomic E-state index is 13.3. The lowest BCUT2D eigenvalue weighted by molar-refractivity contribution is 0.102. The van der Waals surface area contributed by atoms with Crippen molar-refractivity contribution in [1.29, 1.82) is 0 Å². The van der Waals surface area contributed by atoms with Crippen LogP contribution in [-0.2, 0) is 0 Å². The molecule has 18 heavy (non-hydrogen) atoms. The predicted molar refractivity (Wildman–Crippen MR) is 65.8 cm³/mol. The van der Waals surface area contributed by atoms with Gasteiger partial charge >= 0.3 is 0 Å². The summed E-state index contributed by atoms with van der Waals surface area (Å²) in [7, 11) is 0. The van der Waals surface area contributed by atoms with Gasteiger partial charge < -0.3 is 5.32 Å². The molecule has 5 heteroatoms. The fourth-order valence-electron chi connectivity index (χ4n) is 1.43. The molecule has 0 aliphatic heterocycles. The van der Waals surface area contributed by atoms with Crippen molar-refractivity contribution in [2.75, 3.05) is 5.32 Å². The normalized spacial score (nSPS) is 10.2. The molecule has 0 spiro atoms. The molecular formula is C13H8ClF2NO. The summed E-state index contributed by atoms with van der Waals surface area (Å²) in [5.74, 6) is -2.28. The van der Waals surface area contributed by atoms with Gasteiger partial charge in [0.05, 0.1) is 0 Å². The maximum atomic E-state index is 13.3. The van der Waals surface area contributed by atoms with Crippen molar-refractivity contribution >= 4 is 23.2 Å². The lowest BCUT2D eigenvalue weighted by Crippen LogP contribution is -2.14. The van der Waals surface area contributed by atoms with E-state index in [1.807, 2.05) is 0 Å². The minimum absolute atomic E-state index is 0.227. The number of rotatable bonds is 2. The van der Waals surface area contributed by atoms with Crippen LogP contribution in [0.3, 0.4) is 0 Å². The average molecular weight is 268 g/mol. The van der Waals surface area contributed by atoms with E-state index < -0.39 is 23.2 Å². The third kappa shape index (κ3) is 2.65. The van der Waals surface area contributed by atoms with Crippen molar-refractivity contribution in [3.8, 4) is 0 Å². The van der Waals surface area contributed by atoms with Crippen molar-refractivity contribution in [3.63, 3.8) is 0 Å². The highest BCUT2D eigenvalue weighted by Gasteiger charge is 2.13. The van der Waals surface area contributed by atoms with Gasteiger partial charge in [-0.2, -0.15) is 0 Å². The van der Waals surface area contributed by atoms with Gasteiger partial charge in [-0.05, 0) is 30.3 Å². The van der Waals surface area contributed by atoms with E-state index in [-0.39, 0.29) is 5.56 Å². The zero-order valence-electron chi connectivity index (χ0n) is 9.08. The highest BCUT2D eigenvalue weighted by atomic mass is 35.5. The van der Waals surface area contributed by atoms with Crippen molar-refractivity contribution in [3.05, 3.63) is 64.7 Å². The second-order valence-corrected chi connectivity index (χ2v) is 4.00. The molecule has 2 aromatic carbocycles. The summed E-state index contributed by atoms with van der Waals surface area (Å²) >= 11 is 5.73. The van der Waals surface area contributed by atoms with Gasteiger partial charge in [0.1, 0.15) is 17.3 Å². The Labute approximate surface area is 107 Å². The number of halogens is 3. The van der Waals surface area contributed by atoms with Gasteiger partial charge in [0.15, 0.2) is 0 Å². The second kappa shape index (κ2) is 5.14. The van der Waals surface area contributed by atoms with Crippen LogP contribution in [0.1, 0.15) is 10.4 Å². The number of anilines is 1. The van der Waals surface area contributed by atoms with Gasteiger partial charge in [-0.1, -0.05) is 23.7 Å². The van der Waals surface area contributed by atoms with Crippen LogP contribution in [0.5, 0.6) is 0 Å². The van der Waals surface area contributed by atoms with Crippen LogP contribution in [0.25, 0.3) is 0 Å². The largest absolute Gasteiger partial charge is 0.317 e. The van der Waals surface area contributed by atoms with E-state index >= 15 is 0 Å². The SMILES string of the molecule is O=C(Nc1c(F)cccc1F)c1cccc(Cl)c1. The lowest BCUT2D eigenvalue weighted by Gasteiger charge is -2.07. The highest BCUT2D eigenvalue weighted by Crippen LogP contribution is 2.19. The molecule has 1 N–H and O–H groups in total. The Morgan fingerprint density at radius 3 is 2.28 bits per heavy atom. The van der Waals surface area contributed by atoms with Crippen molar-refractivity contribution in [2.24, 2.45) is 0 Å². The van der Waals surface area contributed by atoms with Gasteiger partial charge in [0.2, 0.25) is 0 Å². The number of nitrogens with one attached hydrogen (secondary N) is 1. The Morgan fingerprint density at radius 1 is 1.06 bits per heavy atom. The summed E-state index contributed by atoms with van der Waals surface area (Å²) in [6.45, 7) is 0. The number of benzene rings is 2. The fourth-order valence-corrected chi connectivity index (χ4v) is 1.62. The highest BCUT2D eigenvalue weighted by molar-refractivity contribution is 6.31. The molecule has 0 heterocycles. The van der Waals surface area contributed by atoms with Crippen LogP contribution in [0.15, 0.2) is 42.5 Å². The minimum atomic E-state index is -0.828. The molecule has 0 unspecified atom stereocenters. The monoisotopic (exact) mass is 267 g/mol. The fraction of sp³-hybridized carbons (Fsp3) is 0. The zero-order valence-corrected chi connectivity index (χ0v) is 9.84. The Morgan fingerprint density at radius 2 is 1.67 bits per heavy atom. The molecule has 0 bridgehead atoms. The topological polar surface area (TPSA) is 29.1 Å². The molecule has 0 aliphatic rings. The molecule has 2 rings (SSSR count). The molecule has 0 radical (unpaired) electrons. The Hall–Kier alpha value is -1.94. The number of hydrogen-bond donors (Lipinski definition) is 1. The van der Waals surface area contributed by atoms with Crippen LogP contribution < -0.4 is 5.32 Å². The summed E-state index contributed by atoms with van der Waals surface area (Å²) < 4.78 is 26.7. The van der Waals surface area contributed by atoms with E-state index in [9.17, 15) is 13.6 Å². The molecule has 0 aromatic heterocycles. The number of carbonyl (C=O) groups excluding carboxylic acids is 1. The Balaban J connectivity index is 2.27. The first kappa shape index (κ1) is 12.5. The molecule has 0 aliphatic carbocycles. The average Bonchev–Trinajstić information content (AvgIpc) is 2.34. The molecular weight excluding hydrogens is 260 g/mol. The predicted octanol–water partition coefficient (Wildman–Crippen LogP) is 3.87. The van der Waals surface area contributed by atoms with E-state index in [2.05, 4.69) is 5.32 Å². The molecule has 0 fully saturated rings. The number of carbonyl (C=O) groups is 1. The summed E-state index contributed by atoms with van der Waals surface area (Å²) in [6.07, 6.45) is 0. The van der Waals surface area contributed by atoms with Crippen LogP contribution in [0.4, 0.5) is 14.5 Å². The molecule has 1 amide bonds. The molecule has 0 atom stereocenters. The molecule has 2 nitrogen and oxygen atoms in total. The van der Waals surface area contributed by atoms with Gasteiger partial charge in [-0.3, -0.25) is 4.79 Å². The maximum Gasteiger partial charge on any atom is 0.255 e. The van der Waals surface area contributed by atoms with E-state index in [1.165, 1.54) is 18.2 Å². The summed E-state index contributed by atoms with van der Waals surface area (Å²) in [5.41, 5.74) is -0.243. The van der Waals surface area contributed by atoms with Crippen LogP contribution in [0.2, 0.25) is 5.02 Å². The van der Waals surface area contributed by atoms with Crippen LogP contribution in [-0.4, -0.2) is 5.91 Å². The second-order valence-electron chi connectivity index (χ2n) is 3.56. The molecule has 92 valence electrons. The summed E-state index contributed by atoms with van der Waals surface area (Å²) in [4.78, 5) is 11.8. The van der Waals surface area contributed by atoms with Crippen molar-refractivity contribution in [1.82, 2.24) is 0 Å². The zero-order chi connectivity index (χ0) is 13.1. The summed E-state index contributed by atoms with van der Waals surface area (Å²) in [5, 5.41) is 2.55. The third-order valence-electron chi connectivity index (χ3n) is 2.29. The van der Waals surface area contributed by atoms with Crippen LogP contribution >= 0.6 is 11.6 Å². The Bertz CT molecular complexity index is 581. The van der Waals surface area contributed by atoms with Crippen molar-refractivity contribution < 1.29 is 13.6 Å². The van der Waals surface area contributed by atoms with Crippen LogP contribution in [0, 0.1) is 11.6 Å². The van der Waals surface area contributed by atoms with E-state index in [0.29, 0.717) is 5.02 Å². The Kier molecular flexibility index (Phi) is 3.58. The van der Waals surface area contributed by atoms with Crippen molar-refractivity contribution in [2.45, 2.75) is 0 Å². The molecule has 0 saturated carbocycles. The first-order chi connectivity index (χ1) is 8.58. The smallest absolute Gasteiger partial charge is 0.255 e. The standard InChI is InChI=1S/C13H8ClF2NO/c14-9-4-1-3-8(7-9)13(18)17-12-10(15)5-2-6-11(12)16/h1-7H,(H,17,18). The number of para-hydroxylation sites is 1. The first-order valence-corrected chi connectivity index (χ1v) is 5.46.